The first-order valence-corrected chi connectivity index (χ1v) is 6.87. The minimum atomic E-state index is -0.637. The number of aliphatic carboxylic acids is 1. The van der Waals surface area contributed by atoms with Gasteiger partial charge in [0.05, 0.1) is 0 Å². The van der Waals surface area contributed by atoms with Gasteiger partial charge in [-0.2, -0.15) is 0 Å². The summed E-state index contributed by atoms with van der Waals surface area (Å²) >= 11 is 0. The van der Waals surface area contributed by atoms with Gasteiger partial charge < -0.3 is 5.11 Å². The number of carboxylic acids is 1. The van der Waals surface area contributed by atoms with E-state index in [-0.39, 0.29) is 6.04 Å². The fourth-order valence-corrected chi connectivity index (χ4v) is 3.14. The average molecular weight is 237 g/mol. The summed E-state index contributed by atoms with van der Waals surface area (Å²) in [7, 11) is 0. The summed E-state index contributed by atoms with van der Waals surface area (Å²) in [5, 5.41) is 9.39. The summed E-state index contributed by atoms with van der Waals surface area (Å²) in [6, 6.07) is 0.101. The van der Waals surface area contributed by atoms with E-state index in [1.807, 2.05) is 0 Å². The second-order valence-electron chi connectivity index (χ2n) is 5.32. The highest BCUT2D eigenvalue weighted by atomic mass is 16.4. The number of allylic oxidation sites excluding steroid dienone is 1. The largest absolute Gasteiger partial charge is 0.480 e. The van der Waals surface area contributed by atoms with Gasteiger partial charge in [-0.1, -0.05) is 25.5 Å². The van der Waals surface area contributed by atoms with Gasteiger partial charge in [0.15, 0.2) is 0 Å². The highest BCUT2D eigenvalue weighted by Crippen LogP contribution is 2.29. The van der Waals surface area contributed by atoms with E-state index in [0.29, 0.717) is 12.0 Å². The zero-order valence-corrected chi connectivity index (χ0v) is 10.6. The predicted octanol–water partition coefficient (Wildman–Crippen LogP) is 2.67. The Labute approximate surface area is 103 Å². The fourth-order valence-electron chi connectivity index (χ4n) is 3.14. The Morgan fingerprint density at radius 3 is 2.88 bits per heavy atom. The van der Waals surface area contributed by atoms with Gasteiger partial charge >= 0.3 is 5.97 Å². The molecule has 0 bridgehead atoms. The maximum Gasteiger partial charge on any atom is 0.320 e. The van der Waals surface area contributed by atoms with Crippen molar-refractivity contribution in [3.63, 3.8) is 0 Å². The summed E-state index contributed by atoms with van der Waals surface area (Å²) in [5.41, 5.74) is 0. The van der Waals surface area contributed by atoms with E-state index < -0.39 is 5.97 Å². The van der Waals surface area contributed by atoms with Gasteiger partial charge in [0, 0.05) is 6.04 Å². The van der Waals surface area contributed by atoms with E-state index in [4.69, 9.17) is 0 Å². The molecule has 0 amide bonds. The Kier molecular flexibility index (Phi) is 4.21. The molecule has 3 atom stereocenters. The normalized spacial score (nSPS) is 34.8. The van der Waals surface area contributed by atoms with Crippen molar-refractivity contribution >= 4 is 5.97 Å². The van der Waals surface area contributed by atoms with Crippen LogP contribution in [0.4, 0.5) is 0 Å². The molecule has 1 aliphatic heterocycles. The third-order valence-corrected chi connectivity index (χ3v) is 4.27. The molecule has 3 unspecified atom stereocenters. The number of piperidine rings is 1. The Hall–Kier alpha value is -0.830. The molecule has 1 fully saturated rings. The molecule has 96 valence electrons. The molecule has 0 aromatic heterocycles. The molecular formula is C14H23NO2. The lowest BCUT2D eigenvalue weighted by Gasteiger charge is -2.41. The standard InChI is InChI=1S/C14H23NO2/c1-2-11-8-9-15(13(10-11)14(16)17)12-6-4-3-5-7-12/h4,6,11-13H,2-3,5,7-10H2,1H3,(H,16,17). The minimum Gasteiger partial charge on any atom is -0.480 e. The molecular weight excluding hydrogens is 214 g/mol. The van der Waals surface area contributed by atoms with Crippen LogP contribution in [0.1, 0.15) is 45.4 Å². The number of likely N-dealkylation sites (tertiary alicyclic amines) is 1. The van der Waals surface area contributed by atoms with Gasteiger partial charge in [0.2, 0.25) is 0 Å². The average Bonchev–Trinajstić information content (AvgIpc) is 2.39. The van der Waals surface area contributed by atoms with Crippen molar-refractivity contribution < 1.29 is 9.90 Å². The van der Waals surface area contributed by atoms with Gasteiger partial charge in [0.1, 0.15) is 6.04 Å². The molecule has 3 heteroatoms. The first-order valence-electron chi connectivity index (χ1n) is 6.87. The highest BCUT2D eigenvalue weighted by molar-refractivity contribution is 5.73. The highest BCUT2D eigenvalue weighted by Gasteiger charge is 2.35. The molecule has 1 aliphatic carbocycles. The number of hydrogen-bond donors (Lipinski definition) is 1. The molecule has 0 saturated carbocycles. The van der Waals surface area contributed by atoms with E-state index in [2.05, 4.69) is 24.0 Å². The van der Waals surface area contributed by atoms with Crippen LogP contribution in [0.15, 0.2) is 12.2 Å². The van der Waals surface area contributed by atoms with E-state index in [9.17, 15) is 9.90 Å². The Balaban J connectivity index is 2.06. The molecule has 2 rings (SSSR count). The Morgan fingerprint density at radius 1 is 1.47 bits per heavy atom. The third-order valence-electron chi connectivity index (χ3n) is 4.27. The molecule has 0 aromatic rings. The van der Waals surface area contributed by atoms with E-state index >= 15 is 0 Å². The van der Waals surface area contributed by atoms with Gasteiger partial charge in [-0.15, -0.1) is 0 Å². The zero-order valence-electron chi connectivity index (χ0n) is 10.6. The van der Waals surface area contributed by atoms with Crippen molar-refractivity contribution in [1.82, 2.24) is 4.90 Å². The maximum absolute atomic E-state index is 11.4. The summed E-state index contributed by atoms with van der Waals surface area (Å²) in [4.78, 5) is 13.6. The van der Waals surface area contributed by atoms with Crippen molar-refractivity contribution in [1.29, 1.82) is 0 Å². The van der Waals surface area contributed by atoms with Crippen molar-refractivity contribution in [2.45, 2.75) is 57.5 Å². The van der Waals surface area contributed by atoms with E-state index in [1.165, 1.54) is 6.42 Å². The molecule has 1 heterocycles. The van der Waals surface area contributed by atoms with Crippen LogP contribution in [-0.2, 0) is 4.79 Å². The monoisotopic (exact) mass is 237 g/mol. The van der Waals surface area contributed by atoms with Crippen molar-refractivity contribution in [2.24, 2.45) is 5.92 Å². The molecule has 0 aromatic carbocycles. The SMILES string of the molecule is CCC1CCN(C2C=CCCC2)C(C(=O)O)C1. The number of carboxylic acid groups (broad SMARTS) is 1. The third kappa shape index (κ3) is 2.89. The first-order chi connectivity index (χ1) is 8.22. The van der Waals surface area contributed by atoms with E-state index in [1.54, 1.807) is 0 Å². The van der Waals surface area contributed by atoms with Gasteiger partial charge in [-0.3, -0.25) is 9.69 Å². The lowest BCUT2D eigenvalue weighted by Crippen LogP contribution is -2.51. The minimum absolute atomic E-state index is 0.263. The van der Waals surface area contributed by atoms with Crippen LogP contribution in [0.3, 0.4) is 0 Å². The predicted molar refractivity (Wildman–Crippen MR) is 67.9 cm³/mol. The molecule has 0 spiro atoms. The molecule has 2 aliphatic rings. The van der Waals surface area contributed by atoms with E-state index in [0.717, 1.165) is 38.6 Å². The molecule has 17 heavy (non-hydrogen) atoms. The Morgan fingerprint density at radius 2 is 2.29 bits per heavy atom. The van der Waals surface area contributed by atoms with Crippen LogP contribution >= 0.6 is 0 Å². The molecule has 1 N–H and O–H groups in total. The van der Waals surface area contributed by atoms with Crippen molar-refractivity contribution in [2.75, 3.05) is 6.54 Å². The zero-order chi connectivity index (χ0) is 12.3. The smallest absolute Gasteiger partial charge is 0.320 e. The van der Waals surface area contributed by atoms with Gasteiger partial charge in [-0.05, 0) is 44.6 Å². The van der Waals surface area contributed by atoms with Crippen LogP contribution in [0, 0.1) is 5.92 Å². The van der Waals surface area contributed by atoms with Crippen LogP contribution in [0.25, 0.3) is 0 Å². The lowest BCUT2D eigenvalue weighted by molar-refractivity contribution is -0.146. The lowest BCUT2D eigenvalue weighted by atomic mass is 9.86. The summed E-state index contributed by atoms with van der Waals surface area (Å²) < 4.78 is 0. The first kappa shape index (κ1) is 12.6. The summed E-state index contributed by atoms with van der Waals surface area (Å²) in [6.45, 7) is 3.12. The summed E-state index contributed by atoms with van der Waals surface area (Å²) in [5.74, 6) is -0.0398. The van der Waals surface area contributed by atoms with Crippen molar-refractivity contribution in [3.8, 4) is 0 Å². The van der Waals surface area contributed by atoms with Crippen molar-refractivity contribution in [3.05, 3.63) is 12.2 Å². The van der Waals surface area contributed by atoms with Crippen LogP contribution in [0.5, 0.6) is 0 Å². The Bertz CT molecular complexity index is 301. The van der Waals surface area contributed by atoms with Crippen LogP contribution in [-0.4, -0.2) is 34.6 Å². The topological polar surface area (TPSA) is 40.5 Å². The second kappa shape index (κ2) is 5.67. The van der Waals surface area contributed by atoms with Gasteiger partial charge in [-0.25, -0.2) is 0 Å². The number of nitrogens with zero attached hydrogens (tertiary/aromatic N) is 1. The maximum atomic E-state index is 11.4. The fraction of sp³-hybridized carbons (Fsp3) is 0.786. The molecule has 1 saturated heterocycles. The molecule has 0 radical (unpaired) electrons. The number of hydrogen-bond acceptors (Lipinski definition) is 2. The quantitative estimate of drug-likeness (QED) is 0.767. The van der Waals surface area contributed by atoms with Crippen LogP contribution in [0.2, 0.25) is 0 Å². The van der Waals surface area contributed by atoms with Crippen LogP contribution < -0.4 is 0 Å². The number of carbonyl (C=O) groups is 1. The number of rotatable bonds is 3. The summed E-state index contributed by atoms with van der Waals surface area (Å²) in [6.07, 6.45) is 11.0. The molecule has 3 nitrogen and oxygen atoms in total. The van der Waals surface area contributed by atoms with Gasteiger partial charge in [0.25, 0.3) is 0 Å². The second-order valence-corrected chi connectivity index (χ2v) is 5.32.